The van der Waals surface area contributed by atoms with Crippen LogP contribution >= 0.6 is 23.2 Å². The third-order valence-electron chi connectivity index (χ3n) is 4.55. The van der Waals surface area contributed by atoms with Crippen molar-refractivity contribution in [3.05, 3.63) is 63.1 Å². The Kier molecular flexibility index (Phi) is 7.40. The molecule has 1 fully saturated rings. The van der Waals surface area contributed by atoms with Crippen LogP contribution < -0.4 is 15.0 Å². The van der Waals surface area contributed by atoms with E-state index in [1.165, 1.54) is 49.6 Å². The first-order valence-electron chi connectivity index (χ1n) is 9.84. The highest BCUT2D eigenvalue weighted by Crippen LogP contribution is 2.35. The SMILES string of the molecule is COC(=O)c1ccc(N2C(=O)NC(=O)/C(=C\c3cc(Cl)cc(Cl)c3OCC(C)C)C2=O)cc1. The molecule has 2 aromatic carbocycles. The number of nitrogens with one attached hydrogen (secondary N) is 1. The van der Waals surface area contributed by atoms with Gasteiger partial charge in [0.25, 0.3) is 11.8 Å². The number of barbiturate groups is 1. The largest absolute Gasteiger partial charge is 0.491 e. The summed E-state index contributed by atoms with van der Waals surface area (Å²) < 4.78 is 10.4. The molecule has 1 N–H and O–H groups in total. The maximum atomic E-state index is 13.2. The van der Waals surface area contributed by atoms with Crippen LogP contribution in [0.2, 0.25) is 10.0 Å². The lowest BCUT2D eigenvalue weighted by Crippen LogP contribution is -2.54. The number of hydrogen-bond donors (Lipinski definition) is 1. The lowest BCUT2D eigenvalue weighted by Gasteiger charge is -2.26. The van der Waals surface area contributed by atoms with Crippen LogP contribution in [0.3, 0.4) is 0 Å². The third kappa shape index (κ3) is 5.35. The summed E-state index contributed by atoms with van der Waals surface area (Å²) in [5, 5.41) is 2.63. The van der Waals surface area contributed by atoms with Crippen molar-refractivity contribution in [1.29, 1.82) is 0 Å². The lowest BCUT2D eigenvalue weighted by molar-refractivity contribution is -0.122. The number of nitrogens with zero attached hydrogens (tertiary/aromatic N) is 1. The number of halogens is 2. The number of anilines is 1. The smallest absolute Gasteiger partial charge is 0.337 e. The van der Waals surface area contributed by atoms with E-state index in [0.717, 1.165) is 4.90 Å². The van der Waals surface area contributed by atoms with Crippen LogP contribution in [0.1, 0.15) is 29.8 Å². The Balaban J connectivity index is 2.02. The van der Waals surface area contributed by atoms with Gasteiger partial charge in [0.15, 0.2) is 0 Å². The van der Waals surface area contributed by atoms with E-state index in [1.807, 2.05) is 13.8 Å². The molecule has 1 saturated heterocycles. The first-order chi connectivity index (χ1) is 15.6. The minimum Gasteiger partial charge on any atom is -0.491 e. The summed E-state index contributed by atoms with van der Waals surface area (Å²) in [6, 6.07) is 7.65. The Morgan fingerprint density at radius 2 is 1.79 bits per heavy atom. The van der Waals surface area contributed by atoms with Crippen LogP contribution in [0.15, 0.2) is 42.0 Å². The van der Waals surface area contributed by atoms with Gasteiger partial charge in [-0.25, -0.2) is 14.5 Å². The highest BCUT2D eigenvalue weighted by molar-refractivity contribution is 6.40. The van der Waals surface area contributed by atoms with Crippen LogP contribution in [-0.4, -0.2) is 37.5 Å². The summed E-state index contributed by atoms with van der Waals surface area (Å²) in [5.41, 5.74) is 0.379. The fourth-order valence-corrected chi connectivity index (χ4v) is 3.57. The van der Waals surface area contributed by atoms with E-state index in [1.54, 1.807) is 0 Å². The van der Waals surface area contributed by atoms with Gasteiger partial charge in [-0.15, -0.1) is 0 Å². The summed E-state index contributed by atoms with van der Waals surface area (Å²) in [5.74, 6) is -1.86. The summed E-state index contributed by atoms with van der Waals surface area (Å²) in [4.78, 5) is 50.5. The van der Waals surface area contributed by atoms with E-state index in [2.05, 4.69) is 10.1 Å². The Morgan fingerprint density at radius 1 is 1.12 bits per heavy atom. The van der Waals surface area contributed by atoms with Gasteiger partial charge in [0.1, 0.15) is 11.3 Å². The van der Waals surface area contributed by atoms with Crippen LogP contribution in [0.5, 0.6) is 5.75 Å². The Hall–Kier alpha value is -3.36. The number of imide groups is 2. The van der Waals surface area contributed by atoms with Crippen molar-refractivity contribution in [3.63, 3.8) is 0 Å². The fourth-order valence-electron chi connectivity index (χ4n) is 3.00. The van der Waals surface area contributed by atoms with Crippen molar-refractivity contribution in [1.82, 2.24) is 5.32 Å². The van der Waals surface area contributed by atoms with Crippen molar-refractivity contribution >= 4 is 58.8 Å². The molecule has 1 heterocycles. The molecular formula is C23H20Cl2N2O6. The van der Waals surface area contributed by atoms with E-state index >= 15 is 0 Å². The van der Waals surface area contributed by atoms with Crippen molar-refractivity contribution in [2.45, 2.75) is 13.8 Å². The van der Waals surface area contributed by atoms with Gasteiger partial charge in [-0.3, -0.25) is 14.9 Å². The number of amides is 4. The quantitative estimate of drug-likeness (QED) is 0.363. The molecule has 2 aromatic rings. The van der Waals surface area contributed by atoms with Crippen LogP contribution in [0.25, 0.3) is 6.08 Å². The molecule has 172 valence electrons. The minimum absolute atomic E-state index is 0.156. The molecule has 8 nitrogen and oxygen atoms in total. The minimum atomic E-state index is -0.923. The molecule has 0 atom stereocenters. The predicted molar refractivity (Wildman–Crippen MR) is 124 cm³/mol. The summed E-state index contributed by atoms with van der Waals surface area (Å²) in [6.07, 6.45) is 1.27. The van der Waals surface area contributed by atoms with Crippen molar-refractivity contribution in [2.24, 2.45) is 5.92 Å². The van der Waals surface area contributed by atoms with E-state index in [-0.39, 0.29) is 38.5 Å². The zero-order chi connectivity index (χ0) is 24.3. The van der Waals surface area contributed by atoms with E-state index in [4.69, 9.17) is 27.9 Å². The average molecular weight is 491 g/mol. The highest BCUT2D eigenvalue weighted by atomic mass is 35.5. The van der Waals surface area contributed by atoms with E-state index in [0.29, 0.717) is 12.2 Å². The number of carbonyl (C=O) groups excluding carboxylic acids is 4. The summed E-state index contributed by atoms with van der Waals surface area (Å²) in [7, 11) is 1.24. The van der Waals surface area contributed by atoms with Gasteiger partial charge in [-0.1, -0.05) is 37.0 Å². The zero-order valence-electron chi connectivity index (χ0n) is 18.0. The van der Waals surface area contributed by atoms with Crippen LogP contribution in [-0.2, 0) is 14.3 Å². The molecule has 10 heteroatoms. The molecule has 4 amide bonds. The Bertz CT molecular complexity index is 1160. The van der Waals surface area contributed by atoms with E-state index in [9.17, 15) is 19.2 Å². The predicted octanol–water partition coefficient (Wildman–Crippen LogP) is 4.48. The van der Waals surface area contributed by atoms with Crippen molar-refractivity contribution in [3.8, 4) is 5.75 Å². The van der Waals surface area contributed by atoms with Gasteiger partial charge in [0.2, 0.25) is 0 Å². The highest BCUT2D eigenvalue weighted by Gasteiger charge is 2.37. The molecule has 3 rings (SSSR count). The number of benzene rings is 2. The molecule has 0 unspecified atom stereocenters. The van der Waals surface area contributed by atoms with Crippen molar-refractivity contribution in [2.75, 3.05) is 18.6 Å². The summed E-state index contributed by atoms with van der Waals surface area (Å²) in [6.45, 7) is 4.25. The lowest BCUT2D eigenvalue weighted by atomic mass is 10.1. The van der Waals surface area contributed by atoms with Crippen LogP contribution in [0, 0.1) is 5.92 Å². The number of urea groups is 1. The van der Waals surface area contributed by atoms with Gasteiger partial charge < -0.3 is 9.47 Å². The first-order valence-corrected chi connectivity index (χ1v) is 10.6. The topological polar surface area (TPSA) is 102 Å². The molecular weight excluding hydrogens is 471 g/mol. The average Bonchev–Trinajstić information content (AvgIpc) is 2.75. The number of ether oxygens (including phenoxy) is 2. The van der Waals surface area contributed by atoms with Gasteiger partial charge in [0.05, 0.1) is 30.0 Å². The standard InChI is InChI=1S/C23H20Cl2N2O6/c1-12(2)11-33-19-14(8-15(24)10-18(19)25)9-17-20(28)26-23(31)27(21(17)29)16-6-4-13(5-7-16)22(30)32-3/h4-10,12H,11H2,1-3H3,(H,26,28,31)/b17-9+. The normalized spacial score (nSPS) is 15.2. The zero-order valence-corrected chi connectivity index (χ0v) is 19.5. The Labute approximate surface area is 200 Å². The monoisotopic (exact) mass is 490 g/mol. The number of rotatable bonds is 6. The van der Waals surface area contributed by atoms with Crippen LogP contribution in [0.4, 0.5) is 10.5 Å². The van der Waals surface area contributed by atoms with Gasteiger partial charge in [-0.2, -0.15) is 0 Å². The second-order valence-corrected chi connectivity index (χ2v) is 8.35. The first kappa shape index (κ1) is 24.3. The number of carbonyl (C=O) groups is 4. The molecule has 0 aromatic heterocycles. The van der Waals surface area contributed by atoms with Gasteiger partial charge in [0, 0.05) is 10.6 Å². The fraction of sp³-hybridized carbons (Fsp3) is 0.217. The number of methoxy groups -OCH3 is 1. The molecule has 0 aliphatic carbocycles. The maximum absolute atomic E-state index is 13.2. The molecule has 0 bridgehead atoms. The molecule has 33 heavy (non-hydrogen) atoms. The third-order valence-corrected chi connectivity index (χ3v) is 5.05. The maximum Gasteiger partial charge on any atom is 0.337 e. The van der Waals surface area contributed by atoms with Gasteiger partial charge in [-0.05, 0) is 48.4 Å². The second-order valence-electron chi connectivity index (χ2n) is 7.51. The number of esters is 1. The van der Waals surface area contributed by atoms with Gasteiger partial charge >= 0.3 is 12.0 Å². The second kappa shape index (κ2) is 10.1. The molecule has 0 saturated carbocycles. The molecule has 0 radical (unpaired) electrons. The Morgan fingerprint density at radius 3 is 2.39 bits per heavy atom. The summed E-state index contributed by atoms with van der Waals surface area (Å²) >= 11 is 12.4. The number of hydrogen-bond acceptors (Lipinski definition) is 6. The van der Waals surface area contributed by atoms with Crippen molar-refractivity contribution < 1.29 is 28.7 Å². The molecule has 1 aliphatic heterocycles. The molecule has 1 aliphatic rings. The molecule has 0 spiro atoms. The van der Waals surface area contributed by atoms with E-state index < -0.39 is 23.8 Å².